The molecule has 0 atom stereocenters. The average molecular weight is 404 g/mol. The van der Waals surface area contributed by atoms with Crippen LogP contribution in [-0.4, -0.2) is 38.9 Å². The number of rotatable bonds is 5. The molecule has 0 aliphatic heterocycles. The van der Waals surface area contributed by atoms with Crippen LogP contribution in [0.5, 0.6) is 0 Å². The Labute approximate surface area is 165 Å². The molecule has 9 nitrogen and oxygen atoms in total. The molecule has 28 heavy (non-hydrogen) atoms. The molecular formula is C18H18ClN5O4. The third-order valence-electron chi connectivity index (χ3n) is 3.99. The molecule has 0 bridgehead atoms. The number of carbonyl (C=O) groups is 2. The van der Waals surface area contributed by atoms with E-state index in [2.05, 4.69) is 25.3 Å². The summed E-state index contributed by atoms with van der Waals surface area (Å²) in [5.74, 6) is -0.480. The first kappa shape index (κ1) is 19.6. The van der Waals surface area contributed by atoms with E-state index in [9.17, 15) is 9.59 Å². The van der Waals surface area contributed by atoms with Crippen LogP contribution in [0, 0.1) is 0 Å². The molecule has 0 aliphatic rings. The summed E-state index contributed by atoms with van der Waals surface area (Å²) in [6, 6.07) is 8.09. The van der Waals surface area contributed by atoms with Crippen molar-refractivity contribution in [1.82, 2.24) is 25.2 Å². The van der Waals surface area contributed by atoms with Gasteiger partial charge in [-0.3, -0.25) is 9.48 Å². The molecule has 3 rings (SSSR count). The van der Waals surface area contributed by atoms with Gasteiger partial charge < -0.3 is 14.6 Å². The Hall–Kier alpha value is -3.20. The lowest BCUT2D eigenvalue weighted by molar-refractivity contribution is 0.0593. The van der Waals surface area contributed by atoms with Crippen LogP contribution in [0.2, 0.25) is 5.02 Å². The van der Waals surface area contributed by atoms with Crippen molar-refractivity contribution in [2.24, 2.45) is 7.05 Å². The molecule has 0 fully saturated rings. The van der Waals surface area contributed by atoms with E-state index in [1.807, 2.05) is 0 Å². The van der Waals surface area contributed by atoms with Crippen molar-refractivity contribution >= 4 is 23.5 Å². The first-order chi connectivity index (χ1) is 13.2. The molecule has 0 spiro atoms. The van der Waals surface area contributed by atoms with E-state index in [1.54, 1.807) is 45.2 Å². The first-order valence-corrected chi connectivity index (χ1v) is 8.64. The van der Waals surface area contributed by atoms with Crippen LogP contribution in [0.3, 0.4) is 0 Å². The SMILES string of the molecule is COC(=O)c1cc(-c2nc(C(C)(C)NC(=O)c3cccc(Cl)c3)no2)n(C)n1. The number of hydrogen-bond donors (Lipinski definition) is 1. The van der Waals surface area contributed by atoms with Gasteiger partial charge in [-0.15, -0.1) is 0 Å². The molecule has 0 aliphatic carbocycles. The summed E-state index contributed by atoms with van der Waals surface area (Å²) in [5.41, 5.74) is 0.0494. The largest absolute Gasteiger partial charge is 0.464 e. The summed E-state index contributed by atoms with van der Waals surface area (Å²) < 4.78 is 11.4. The first-order valence-electron chi connectivity index (χ1n) is 8.26. The Balaban J connectivity index is 1.83. The summed E-state index contributed by atoms with van der Waals surface area (Å²) in [4.78, 5) is 28.5. The summed E-state index contributed by atoms with van der Waals surface area (Å²) >= 11 is 5.94. The molecule has 2 heterocycles. The van der Waals surface area contributed by atoms with E-state index in [-0.39, 0.29) is 23.3 Å². The van der Waals surface area contributed by atoms with Crippen LogP contribution in [0.1, 0.15) is 40.5 Å². The van der Waals surface area contributed by atoms with E-state index in [0.717, 1.165) is 0 Å². The van der Waals surface area contributed by atoms with Gasteiger partial charge in [0.2, 0.25) is 0 Å². The van der Waals surface area contributed by atoms with Gasteiger partial charge in [-0.1, -0.05) is 22.8 Å². The highest BCUT2D eigenvalue weighted by molar-refractivity contribution is 6.30. The number of amides is 1. The van der Waals surface area contributed by atoms with Gasteiger partial charge in [0.15, 0.2) is 11.5 Å². The van der Waals surface area contributed by atoms with Crippen molar-refractivity contribution in [3.05, 3.63) is 52.4 Å². The van der Waals surface area contributed by atoms with Crippen molar-refractivity contribution in [3.63, 3.8) is 0 Å². The van der Waals surface area contributed by atoms with E-state index < -0.39 is 11.5 Å². The van der Waals surface area contributed by atoms with Gasteiger partial charge in [0.25, 0.3) is 11.8 Å². The van der Waals surface area contributed by atoms with Crippen molar-refractivity contribution in [2.75, 3.05) is 7.11 Å². The fourth-order valence-electron chi connectivity index (χ4n) is 2.49. The smallest absolute Gasteiger partial charge is 0.358 e. The van der Waals surface area contributed by atoms with Crippen LogP contribution >= 0.6 is 11.6 Å². The third-order valence-corrected chi connectivity index (χ3v) is 4.23. The average Bonchev–Trinajstić information content (AvgIpc) is 3.27. The number of ether oxygens (including phenoxy) is 1. The number of halogens is 1. The standard InChI is InChI=1S/C18H18ClN5O4/c1-18(2,21-14(25)10-6-5-7-11(19)8-10)17-20-15(28-23-17)13-9-12(16(26)27-4)22-24(13)3/h5-9H,1-4H3,(H,21,25). The zero-order valence-corrected chi connectivity index (χ0v) is 16.4. The number of methoxy groups -OCH3 is 1. The number of benzene rings is 1. The quantitative estimate of drug-likeness (QED) is 0.651. The number of aromatic nitrogens is 4. The van der Waals surface area contributed by atoms with E-state index in [0.29, 0.717) is 16.3 Å². The predicted molar refractivity (Wildman–Crippen MR) is 99.8 cm³/mol. The third kappa shape index (κ3) is 3.89. The van der Waals surface area contributed by atoms with Crippen molar-refractivity contribution < 1.29 is 18.8 Å². The number of nitrogens with one attached hydrogen (secondary N) is 1. The molecule has 10 heteroatoms. The number of esters is 1. The lowest BCUT2D eigenvalue weighted by atomic mass is 10.0. The minimum absolute atomic E-state index is 0.119. The molecule has 0 radical (unpaired) electrons. The highest BCUT2D eigenvalue weighted by Gasteiger charge is 2.30. The molecule has 1 aromatic carbocycles. The zero-order chi connectivity index (χ0) is 20.5. The maximum absolute atomic E-state index is 12.5. The minimum atomic E-state index is -0.926. The summed E-state index contributed by atoms with van der Waals surface area (Å²) in [6.07, 6.45) is 0. The number of carbonyl (C=O) groups excluding carboxylic acids is 2. The van der Waals surface area contributed by atoms with Gasteiger partial charge in [0.1, 0.15) is 5.69 Å². The topological polar surface area (TPSA) is 112 Å². The van der Waals surface area contributed by atoms with E-state index in [1.165, 1.54) is 17.9 Å². The van der Waals surface area contributed by atoms with Gasteiger partial charge in [-0.2, -0.15) is 10.1 Å². The fourth-order valence-corrected chi connectivity index (χ4v) is 2.69. The monoisotopic (exact) mass is 403 g/mol. The molecule has 1 amide bonds. The Morgan fingerprint density at radius 3 is 2.71 bits per heavy atom. The molecule has 3 aromatic rings. The second-order valence-corrected chi connectivity index (χ2v) is 6.98. The predicted octanol–water partition coefficient (Wildman–Crippen LogP) is 2.58. The van der Waals surface area contributed by atoms with Crippen LogP contribution < -0.4 is 5.32 Å². The Kier molecular flexibility index (Phi) is 5.19. The van der Waals surface area contributed by atoms with Crippen molar-refractivity contribution in [3.8, 4) is 11.6 Å². The number of aryl methyl sites for hydroxylation is 1. The Morgan fingerprint density at radius 2 is 2.04 bits per heavy atom. The van der Waals surface area contributed by atoms with E-state index in [4.69, 9.17) is 16.1 Å². The molecule has 0 saturated heterocycles. The Bertz CT molecular complexity index is 1040. The van der Waals surface area contributed by atoms with Crippen LogP contribution in [0.15, 0.2) is 34.9 Å². The minimum Gasteiger partial charge on any atom is -0.464 e. The van der Waals surface area contributed by atoms with Crippen LogP contribution in [0.4, 0.5) is 0 Å². The van der Waals surface area contributed by atoms with E-state index >= 15 is 0 Å². The van der Waals surface area contributed by atoms with Gasteiger partial charge in [-0.05, 0) is 32.0 Å². The van der Waals surface area contributed by atoms with Crippen molar-refractivity contribution in [1.29, 1.82) is 0 Å². The normalized spacial score (nSPS) is 11.3. The number of nitrogens with zero attached hydrogens (tertiary/aromatic N) is 4. The van der Waals surface area contributed by atoms with Gasteiger partial charge in [-0.25, -0.2) is 4.79 Å². The lowest BCUT2D eigenvalue weighted by Crippen LogP contribution is -2.41. The molecule has 146 valence electrons. The molecular weight excluding hydrogens is 386 g/mol. The maximum Gasteiger partial charge on any atom is 0.358 e. The summed E-state index contributed by atoms with van der Waals surface area (Å²) in [7, 11) is 2.91. The van der Waals surface area contributed by atoms with Crippen molar-refractivity contribution in [2.45, 2.75) is 19.4 Å². The zero-order valence-electron chi connectivity index (χ0n) is 15.7. The molecule has 0 unspecified atom stereocenters. The Morgan fingerprint density at radius 1 is 1.29 bits per heavy atom. The second-order valence-electron chi connectivity index (χ2n) is 6.54. The van der Waals surface area contributed by atoms with Crippen LogP contribution in [-0.2, 0) is 17.3 Å². The summed E-state index contributed by atoms with van der Waals surface area (Å²) in [6.45, 7) is 3.49. The molecule has 0 saturated carbocycles. The molecule has 2 aromatic heterocycles. The summed E-state index contributed by atoms with van der Waals surface area (Å²) in [5, 5.41) is 11.3. The van der Waals surface area contributed by atoms with Gasteiger partial charge >= 0.3 is 5.97 Å². The highest BCUT2D eigenvalue weighted by Crippen LogP contribution is 2.24. The second kappa shape index (κ2) is 7.43. The maximum atomic E-state index is 12.5. The van der Waals surface area contributed by atoms with Crippen LogP contribution in [0.25, 0.3) is 11.6 Å². The van der Waals surface area contributed by atoms with Gasteiger partial charge in [0, 0.05) is 23.7 Å². The fraction of sp³-hybridized carbons (Fsp3) is 0.278. The lowest BCUT2D eigenvalue weighted by Gasteiger charge is -2.22. The van der Waals surface area contributed by atoms with Gasteiger partial charge in [0.05, 0.1) is 12.6 Å². The highest BCUT2D eigenvalue weighted by atomic mass is 35.5. The molecule has 1 N–H and O–H groups in total. The number of hydrogen-bond acceptors (Lipinski definition) is 7.